The molecular formula is C10H5BrClNS. The normalized spacial score (nSPS) is 10.4. The molecule has 1 aromatic heterocycles. The van der Waals surface area contributed by atoms with Crippen LogP contribution in [0, 0.1) is 11.3 Å². The van der Waals surface area contributed by atoms with Gasteiger partial charge in [-0.3, -0.25) is 0 Å². The van der Waals surface area contributed by atoms with Crippen molar-refractivity contribution in [3.05, 3.63) is 32.6 Å². The van der Waals surface area contributed by atoms with Crippen molar-refractivity contribution in [2.24, 2.45) is 0 Å². The van der Waals surface area contributed by atoms with Gasteiger partial charge in [0.15, 0.2) is 0 Å². The molecule has 0 saturated carbocycles. The Bertz CT molecular complexity index is 527. The molecule has 0 N–H and O–H groups in total. The van der Waals surface area contributed by atoms with Crippen LogP contribution >= 0.6 is 38.9 Å². The first-order valence-electron chi connectivity index (χ1n) is 3.95. The smallest absolute Gasteiger partial charge is 0.0726 e. The highest BCUT2D eigenvalue weighted by Gasteiger charge is 2.07. The highest BCUT2D eigenvalue weighted by Crippen LogP contribution is 2.36. The molecule has 14 heavy (non-hydrogen) atoms. The van der Waals surface area contributed by atoms with Crippen molar-refractivity contribution in [1.29, 1.82) is 5.26 Å². The number of thiophene rings is 1. The molecule has 70 valence electrons. The number of hydrogen-bond acceptors (Lipinski definition) is 2. The monoisotopic (exact) mass is 285 g/mol. The van der Waals surface area contributed by atoms with Crippen LogP contribution in [0.25, 0.3) is 10.1 Å². The predicted molar refractivity (Wildman–Crippen MR) is 63.9 cm³/mol. The lowest BCUT2D eigenvalue weighted by atomic mass is 10.2. The first-order chi connectivity index (χ1) is 6.72. The fraction of sp³-hybridized carbons (Fsp3) is 0.100. The van der Waals surface area contributed by atoms with Gasteiger partial charge in [-0.25, -0.2) is 0 Å². The standard InChI is InChI=1S/C10H5BrClNS/c11-8-2-1-6-5-7(3-4-13)14-10(6)9(8)12/h1-2,5H,3H2. The number of rotatable bonds is 1. The van der Waals surface area contributed by atoms with Gasteiger partial charge in [0.05, 0.1) is 22.2 Å². The second kappa shape index (κ2) is 3.90. The van der Waals surface area contributed by atoms with Crippen LogP contribution in [-0.2, 0) is 6.42 Å². The summed E-state index contributed by atoms with van der Waals surface area (Å²) in [5.74, 6) is 0. The van der Waals surface area contributed by atoms with E-state index < -0.39 is 0 Å². The van der Waals surface area contributed by atoms with Crippen LogP contribution in [0.2, 0.25) is 5.02 Å². The average Bonchev–Trinajstić information content (AvgIpc) is 2.56. The molecule has 0 amide bonds. The van der Waals surface area contributed by atoms with Crippen molar-refractivity contribution in [3.8, 4) is 6.07 Å². The van der Waals surface area contributed by atoms with Crippen molar-refractivity contribution in [1.82, 2.24) is 0 Å². The quantitative estimate of drug-likeness (QED) is 0.763. The molecule has 0 radical (unpaired) electrons. The number of nitriles is 1. The van der Waals surface area contributed by atoms with E-state index in [1.807, 2.05) is 18.2 Å². The van der Waals surface area contributed by atoms with Gasteiger partial charge in [-0.05, 0) is 33.4 Å². The molecule has 0 saturated heterocycles. The Morgan fingerprint density at radius 2 is 2.29 bits per heavy atom. The van der Waals surface area contributed by atoms with Gasteiger partial charge in [-0.15, -0.1) is 11.3 Å². The van der Waals surface area contributed by atoms with Gasteiger partial charge in [0, 0.05) is 9.35 Å². The van der Waals surface area contributed by atoms with Gasteiger partial charge >= 0.3 is 0 Å². The van der Waals surface area contributed by atoms with Crippen molar-refractivity contribution in [2.75, 3.05) is 0 Å². The third-order valence-electron chi connectivity index (χ3n) is 1.88. The van der Waals surface area contributed by atoms with E-state index in [1.54, 1.807) is 11.3 Å². The van der Waals surface area contributed by atoms with Gasteiger partial charge in [-0.2, -0.15) is 5.26 Å². The molecule has 0 fully saturated rings. The molecule has 0 bridgehead atoms. The van der Waals surface area contributed by atoms with Crippen LogP contribution in [0.5, 0.6) is 0 Å². The summed E-state index contributed by atoms with van der Waals surface area (Å²) in [6, 6.07) is 8.08. The maximum atomic E-state index is 8.58. The van der Waals surface area contributed by atoms with Crippen molar-refractivity contribution >= 4 is 49.0 Å². The van der Waals surface area contributed by atoms with E-state index in [1.165, 1.54) is 0 Å². The zero-order chi connectivity index (χ0) is 10.1. The molecule has 2 aromatic rings. The molecule has 0 spiro atoms. The summed E-state index contributed by atoms with van der Waals surface area (Å²) in [6.07, 6.45) is 0.452. The van der Waals surface area contributed by atoms with Gasteiger partial charge in [0.2, 0.25) is 0 Å². The Morgan fingerprint density at radius 1 is 1.50 bits per heavy atom. The Kier molecular flexibility index (Phi) is 2.78. The summed E-state index contributed by atoms with van der Waals surface area (Å²) in [5.41, 5.74) is 0. The number of halogens is 2. The lowest BCUT2D eigenvalue weighted by Gasteiger charge is -1.95. The second-order valence-corrected chi connectivity index (χ2v) is 5.20. The maximum absolute atomic E-state index is 8.58. The number of fused-ring (bicyclic) bond motifs is 1. The van der Waals surface area contributed by atoms with E-state index in [-0.39, 0.29) is 0 Å². The van der Waals surface area contributed by atoms with Crippen LogP contribution in [0.4, 0.5) is 0 Å². The summed E-state index contributed by atoms with van der Waals surface area (Å²) in [7, 11) is 0. The topological polar surface area (TPSA) is 23.8 Å². The van der Waals surface area contributed by atoms with Gasteiger partial charge < -0.3 is 0 Å². The SMILES string of the molecule is N#CCc1cc2ccc(Br)c(Cl)c2s1. The van der Waals surface area contributed by atoms with Crippen LogP contribution < -0.4 is 0 Å². The zero-order valence-electron chi connectivity index (χ0n) is 7.05. The van der Waals surface area contributed by atoms with Gasteiger partial charge in [-0.1, -0.05) is 17.7 Å². The number of hydrogen-bond donors (Lipinski definition) is 0. The number of benzene rings is 1. The minimum absolute atomic E-state index is 0.452. The maximum Gasteiger partial charge on any atom is 0.0726 e. The van der Waals surface area contributed by atoms with Crippen molar-refractivity contribution < 1.29 is 0 Å². The molecule has 0 aliphatic carbocycles. The molecule has 0 atom stereocenters. The minimum atomic E-state index is 0.452. The first-order valence-corrected chi connectivity index (χ1v) is 5.94. The van der Waals surface area contributed by atoms with Crippen LogP contribution in [0.1, 0.15) is 4.88 Å². The molecule has 0 aliphatic heterocycles. The summed E-state index contributed by atoms with van der Waals surface area (Å²) in [6.45, 7) is 0. The third kappa shape index (κ3) is 1.66. The average molecular weight is 287 g/mol. The molecular weight excluding hydrogens is 282 g/mol. The Labute approximate surface area is 99.0 Å². The molecule has 1 heterocycles. The van der Waals surface area contributed by atoms with E-state index in [9.17, 15) is 0 Å². The molecule has 0 unspecified atom stereocenters. The van der Waals surface area contributed by atoms with E-state index in [4.69, 9.17) is 16.9 Å². The molecule has 1 aromatic carbocycles. The van der Waals surface area contributed by atoms with Crippen LogP contribution in [0.15, 0.2) is 22.7 Å². The third-order valence-corrected chi connectivity index (χ3v) is 4.45. The van der Waals surface area contributed by atoms with E-state index >= 15 is 0 Å². The minimum Gasteiger partial charge on any atom is -0.198 e. The van der Waals surface area contributed by atoms with Crippen molar-refractivity contribution in [3.63, 3.8) is 0 Å². The van der Waals surface area contributed by atoms with Crippen molar-refractivity contribution in [2.45, 2.75) is 6.42 Å². The van der Waals surface area contributed by atoms with E-state index in [0.717, 1.165) is 24.5 Å². The Morgan fingerprint density at radius 3 is 3.00 bits per heavy atom. The van der Waals surface area contributed by atoms with Gasteiger partial charge in [0.1, 0.15) is 0 Å². The fourth-order valence-electron chi connectivity index (χ4n) is 1.26. The second-order valence-electron chi connectivity index (χ2n) is 2.83. The largest absolute Gasteiger partial charge is 0.198 e. The lowest BCUT2D eigenvalue weighted by Crippen LogP contribution is -1.68. The summed E-state index contributed by atoms with van der Waals surface area (Å²) >= 11 is 11.1. The zero-order valence-corrected chi connectivity index (χ0v) is 10.2. The Balaban J connectivity index is 2.66. The van der Waals surface area contributed by atoms with Gasteiger partial charge in [0.25, 0.3) is 0 Å². The molecule has 0 aliphatic rings. The Hall–Kier alpha value is -0.560. The molecule has 2 rings (SSSR count). The van der Waals surface area contributed by atoms with E-state index in [2.05, 4.69) is 22.0 Å². The highest BCUT2D eigenvalue weighted by molar-refractivity contribution is 9.10. The summed E-state index contributed by atoms with van der Waals surface area (Å²) in [4.78, 5) is 1.06. The lowest BCUT2D eigenvalue weighted by molar-refractivity contribution is 1.32. The number of nitrogens with zero attached hydrogens (tertiary/aromatic N) is 1. The summed E-state index contributed by atoms with van der Waals surface area (Å²) in [5, 5.41) is 10.4. The molecule has 1 nitrogen and oxygen atoms in total. The fourth-order valence-corrected chi connectivity index (χ4v) is 3.04. The molecule has 4 heteroatoms. The highest BCUT2D eigenvalue weighted by atomic mass is 79.9. The van der Waals surface area contributed by atoms with Crippen LogP contribution in [0.3, 0.4) is 0 Å². The van der Waals surface area contributed by atoms with Crippen LogP contribution in [-0.4, -0.2) is 0 Å². The van der Waals surface area contributed by atoms with E-state index in [0.29, 0.717) is 6.42 Å². The predicted octanol–water partition coefficient (Wildman–Crippen LogP) is 4.38. The first kappa shape index (κ1) is 9.97. The summed E-state index contributed by atoms with van der Waals surface area (Å²) < 4.78 is 1.95.